The third-order valence-corrected chi connectivity index (χ3v) is 7.28. The van der Waals surface area contributed by atoms with Gasteiger partial charge in [0.25, 0.3) is 5.23 Å². The largest absolute Gasteiger partial charge is 0.465 e. The van der Waals surface area contributed by atoms with Crippen molar-refractivity contribution in [2.24, 2.45) is 28.3 Å². The summed E-state index contributed by atoms with van der Waals surface area (Å²) < 4.78 is 11.0. The van der Waals surface area contributed by atoms with Crippen LogP contribution in [0.3, 0.4) is 0 Å². The van der Waals surface area contributed by atoms with E-state index < -0.39 is 0 Å². The average Bonchev–Trinajstić information content (AvgIpc) is 3.14. The quantitative estimate of drug-likeness (QED) is 0.916. The lowest BCUT2D eigenvalue weighted by atomic mass is 9.49. The minimum Gasteiger partial charge on any atom is -0.465 e. The van der Waals surface area contributed by atoms with Crippen LogP contribution in [0.1, 0.15) is 44.9 Å². The van der Waals surface area contributed by atoms with Crippen LogP contribution in [0.25, 0.3) is 12.5 Å². The van der Waals surface area contributed by atoms with Gasteiger partial charge in [0.05, 0.1) is 11.5 Å². The second-order valence-electron chi connectivity index (χ2n) is 8.19. The standard InChI is InChI=1S/C19H24N2O2S/c1-12-16(2-4-22-12)17-20-21-18(23-17)24-5-3-19-9-13-6-14(10-19)8-15(7-13)11-19/h2,4,13-15,20H,1,3,5-11H2. The molecule has 4 fully saturated rings. The number of rotatable bonds is 3. The summed E-state index contributed by atoms with van der Waals surface area (Å²) in [6, 6.07) is 1.85. The van der Waals surface area contributed by atoms with E-state index in [1.807, 2.05) is 6.07 Å². The van der Waals surface area contributed by atoms with Crippen molar-refractivity contribution in [3.8, 4) is 0 Å². The van der Waals surface area contributed by atoms with Crippen LogP contribution in [-0.4, -0.2) is 11.0 Å². The summed E-state index contributed by atoms with van der Waals surface area (Å²) >= 11 is 1.73. The van der Waals surface area contributed by atoms with Crippen molar-refractivity contribution in [2.75, 3.05) is 5.75 Å². The summed E-state index contributed by atoms with van der Waals surface area (Å²) in [7, 11) is 0. The Morgan fingerprint density at radius 3 is 2.54 bits per heavy atom. The summed E-state index contributed by atoms with van der Waals surface area (Å²) in [5, 5.41) is 5.86. The Hall–Kier alpha value is -1.36. The second-order valence-corrected chi connectivity index (χ2v) is 9.24. The van der Waals surface area contributed by atoms with Crippen molar-refractivity contribution in [3.63, 3.8) is 0 Å². The van der Waals surface area contributed by atoms with E-state index >= 15 is 0 Å². The maximum atomic E-state index is 5.83. The van der Waals surface area contributed by atoms with Crippen molar-refractivity contribution < 1.29 is 9.15 Å². The molecule has 1 aliphatic heterocycles. The monoisotopic (exact) mass is 344 g/mol. The van der Waals surface area contributed by atoms with Gasteiger partial charge in [-0.05, 0) is 74.2 Å². The van der Waals surface area contributed by atoms with Crippen LogP contribution in [0.5, 0.6) is 0 Å². The second kappa shape index (κ2) is 5.58. The van der Waals surface area contributed by atoms with E-state index in [4.69, 9.17) is 9.15 Å². The molecule has 24 heavy (non-hydrogen) atoms. The van der Waals surface area contributed by atoms with E-state index in [-0.39, 0.29) is 0 Å². The highest BCUT2D eigenvalue weighted by molar-refractivity contribution is 8.13. The highest BCUT2D eigenvalue weighted by Crippen LogP contribution is 2.61. The van der Waals surface area contributed by atoms with Gasteiger partial charge in [-0.1, -0.05) is 18.3 Å². The number of furan rings is 1. The fraction of sp³-hybridized carbons (Fsp3) is 0.632. The molecule has 128 valence electrons. The molecule has 0 unspecified atom stereocenters. The minimum absolute atomic E-state index is 0.604. The molecule has 0 aromatic carbocycles. The molecule has 6 rings (SSSR count). The fourth-order valence-corrected chi connectivity index (χ4v) is 6.86. The average molecular weight is 344 g/mol. The maximum Gasteiger partial charge on any atom is 0.274 e. The highest BCUT2D eigenvalue weighted by Gasteiger charge is 2.50. The number of ether oxygens (including phenoxy) is 1. The molecule has 0 radical (unpaired) electrons. The Morgan fingerprint density at radius 1 is 1.21 bits per heavy atom. The van der Waals surface area contributed by atoms with E-state index in [9.17, 15) is 0 Å². The number of thioether (sulfide) groups is 1. The van der Waals surface area contributed by atoms with Gasteiger partial charge in [0.15, 0.2) is 0 Å². The van der Waals surface area contributed by atoms with Crippen LogP contribution < -0.4 is 16.1 Å². The van der Waals surface area contributed by atoms with Crippen LogP contribution in [0.2, 0.25) is 0 Å². The van der Waals surface area contributed by atoms with Crippen molar-refractivity contribution in [1.82, 2.24) is 5.43 Å². The number of nitrogens with one attached hydrogen (secondary N) is 1. The minimum atomic E-state index is 0.604. The van der Waals surface area contributed by atoms with Gasteiger partial charge < -0.3 is 9.15 Å². The van der Waals surface area contributed by atoms with Gasteiger partial charge >= 0.3 is 0 Å². The van der Waals surface area contributed by atoms with E-state index in [2.05, 4.69) is 17.1 Å². The van der Waals surface area contributed by atoms with Gasteiger partial charge in [0, 0.05) is 5.75 Å². The Labute approximate surface area is 146 Å². The molecule has 0 amide bonds. The Morgan fingerprint density at radius 2 is 1.92 bits per heavy atom. The van der Waals surface area contributed by atoms with Crippen molar-refractivity contribution in [2.45, 2.75) is 44.9 Å². The van der Waals surface area contributed by atoms with Crippen molar-refractivity contribution >= 4 is 29.5 Å². The molecule has 0 spiro atoms. The number of hydrogen-bond donors (Lipinski definition) is 1. The molecule has 0 atom stereocenters. The first-order valence-electron chi connectivity index (χ1n) is 9.10. The lowest BCUT2D eigenvalue weighted by molar-refractivity contribution is -0.0538. The van der Waals surface area contributed by atoms with E-state index in [1.165, 1.54) is 44.9 Å². The summed E-state index contributed by atoms with van der Waals surface area (Å²) in [5.74, 6) is 4.81. The number of nitrogens with zero attached hydrogens (tertiary/aromatic N) is 1. The lowest BCUT2D eigenvalue weighted by Crippen LogP contribution is -2.46. The van der Waals surface area contributed by atoms with E-state index in [0.717, 1.165) is 34.0 Å². The third kappa shape index (κ3) is 2.57. The van der Waals surface area contributed by atoms with Crippen LogP contribution >= 0.6 is 11.8 Å². The molecule has 1 aromatic rings. The zero-order chi connectivity index (χ0) is 16.1. The zero-order valence-electron chi connectivity index (χ0n) is 13.9. The number of hydrazone groups is 1. The Kier molecular flexibility index (Phi) is 3.47. The lowest BCUT2D eigenvalue weighted by Gasteiger charge is -2.57. The van der Waals surface area contributed by atoms with Gasteiger partial charge in [0.2, 0.25) is 5.88 Å². The van der Waals surface area contributed by atoms with Crippen molar-refractivity contribution in [3.05, 3.63) is 23.0 Å². The molecule has 2 heterocycles. The fourth-order valence-electron chi connectivity index (χ4n) is 5.90. The molecule has 5 aliphatic rings. The highest BCUT2D eigenvalue weighted by atomic mass is 32.2. The van der Waals surface area contributed by atoms with Crippen LogP contribution in [0, 0.1) is 23.2 Å². The first-order valence-corrected chi connectivity index (χ1v) is 10.1. The summed E-state index contributed by atoms with van der Waals surface area (Å²) in [6.45, 7) is 3.85. The van der Waals surface area contributed by atoms with Gasteiger partial charge in [-0.3, -0.25) is 0 Å². The van der Waals surface area contributed by atoms with Gasteiger partial charge in [-0.25, -0.2) is 5.43 Å². The van der Waals surface area contributed by atoms with E-state index in [0.29, 0.717) is 16.7 Å². The zero-order valence-corrected chi connectivity index (χ0v) is 14.7. The molecule has 4 saturated carbocycles. The summed E-state index contributed by atoms with van der Waals surface area (Å²) in [4.78, 5) is 0. The van der Waals surface area contributed by atoms with Crippen LogP contribution in [-0.2, 0) is 4.74 Å². The third-order valence-electron chi connectivity index (χ3n) is 6.45. The molecule has 4 nitrogen and oxygen atoms in total. The Balaban J connectivity index is 1.20. The molecular weight excluding hydrogens is 320 g/mol. The number of hydrogen-bond acceptors (Lipinski definition) is 5. The molecule has 4 bridgehead atoms. The summed E-state index contributed by atoms with van der Waals surface area (Å²) in [5.41, 5.74) is 4.19. The van der Waals surface area contributed by atoms with Crippen LogP contribution in [0.4, 0.5) is 0 Å². The maximum absolute atomic E-state index is 5.83. The summed E-state index contributed by atoms with van der Waals surface area (Å²) in [6.07, 6.45) is 11.9. The SMILES string of the molecule is C=c1occc1=C1NN=C(SCCC23CC4CC(CC(C4)C2)C3)O1. The van der Waals surface area contributed by atoms with Gasteiger partial charge in [-0.15, -0.1) is 5.10 Å². The smallest absolute Gasteiger partial charge is 0.274 e. The molecule has 5 heteroatoms. The molecular formula is C19H24N2O2S. The first-order chi connectivity index (χ1) is 11.7. The predicted molar refractivity (Wildman–Crippen MR) is 96.2 cm³/mol. The van der Waals surface area contributed by atoms with Crippen LogP contribution in [0.15, 0.2) is 21.8 Å². The normalized spacial score (nSPS) is 38.8. The van der Waals surface area contributed by atoms with Crippen molar-refractivity contribution in [1.29, 1.82) is 0 Å². The molecule has 4 aliphatic carbocycles. The Bertz CT molecular complexity index is 746. The van der Waals surface area contributed by atoms with E-state index in [1.54, 1.807) is 18.0 Å². The molecule has 1 N–H and O–H groups in total. The van der Waals surface area contributed by atoms with Gasteiger partial charge in [0.1, 0.15) is 5.42 Å². The predicted octanol–water partition coefficient (Wildman–Crippen LogP) is 2.99. The topological polar surface area (TPSA) is 46.8 Å². The first kappa shape index (κ1) is 14.9. The van der Waals surface area contributed by atoms with Gasteiger partial charge in [-0.2, -0.15) is 0 Å². The molecule has 0 saturated heterocycles. The molecule has 1 aromatic heterocycles.